The fourth-order valence-corrected chi connectivity index (χ4v) is 2.20. The van der Waals surface area contributed by atoms with Gasteiger partial charge in [-0.1, -0.05) is 6.42 Å². The lowest BCUT2D eigenvalue weighted by atomic mass is 9.68. The molecule has 0 spiro atoms. The molecule has 0 saturated heterocycles. The molecule has 2 unspecified atom stereocenters. The Hall–Kier alpha value is -1.35. The number of hydrogen-bond acceptors (Lipinski definition) is 3. The number of nitriles is 2. The van der Waals surface area contributed by atoms with Gasteiger partial charge in [-0.2, -0.15) is 10.5 Å². The first kappa shape index (κ1) is 10.7. The lowest BCUT2D eigenvalue weighted by Gasteiger charge is -2.32. The topological polar surface area (TPSA) is 64.7 Å². The van der Waals surface area contributed by atoms with E-state index >= 15 is 0 Å². The van der Waals surface area contributed by atoms with Gasteiger partial charge in [-0.3, -0.25) is 0 Å². The summed E-state index contributed by atoms with van der Waals surface area (Å²) < 4.78 is 0. The predicted octanol–water partition coefficient (Wildman–Crippen LogP) is 2.19. The maximum atomic E-state index is 10.7. The van der Waals surface area contributed by atoms with E-state index in [0.29, 0.717) is 19.3 Å². The van der Waals surface area contributed by atoms with Gasteiger partial charge in [0.15, 0.2) is 0 Å². The van der Waals surface area contributed by atoms with Gasteiger partial charge in [0.2, 0.25) is 0 Å². The third-order valence-corrected chi connectivity index (χ3v) is 3.03. The molecule has 1 aliphatic rings. The summed E-state index contributed by atoms with van der Waals surface area (Å²) in [6.07, 6.45) is 5.31. The number of rotatable bonds is 3. The average Bonchev–Trinajstić information content (AvgIpc) is 2.26. The summed E-state index contributed by atoms with van der Waals surface area (Å²) in [5.74, 6) is 0.0297. The van der Waals surface area contributed by atoms with Crippen LogP contribution in [-0.4, -0.2) is 6.29 Å². The molecule has 1 aliphatic carbocycles. The fourth-order valence-electron chi connectivity index (χ4n) is 2.20. The largest absolute Gasteiger partial charge is 0.303 e. The molecule has 3 heteroatoms. The Balaban J connectivity index is 2.64. The van der Waals surface area contributed by atoms with Crippen molar-refractivity contribution in [3.63, 3.8) is 0 Å². The van der Waals surface area contributed by atoms with Crippen LogP contribution in [0.5, 0.6) is 0 Å². The van der Waals surface area contributed by atoms with Gasteiger partial charge in [-0.15, -0.1) is 0 Å². The smallest absolute Gasteiger partial charge is 0.123 e. The minimum absolute atomic E-state index is 0.0297. The predicted molar refractivity (Wildman–Crippen MR) is 50.9 cm³/mol. The molecular formula is C11H14N2O. The van der Waals surface area contributed by atoms with Crippen molar-refractivity contribution in [2.24, 2.45) is 11.3 Å². The summed E-state index contributed by atoms with van der Waals surface area (Å²) in [5, 5.41) is 17.6. The molecule has 3 nitrogen and oxygen atoms in total. The van der Waals surface area contributed by atoms with E-state index < -0.39 is 5.41 Å². The van der Waals surface area contributed by atoms with Gasteiger partial charge >= 0.3 is 0 Å². The van der Waals surface area contributed by atoms with Crippen molar-refractivity contribution in [2.45, 2.75) is 38.5 Å². The van der Waals surface area contributed by atoms with E-state index in [0.717, 1.165) is 25.5 Å². The van der Waals surface area contributed by atoms with Crippen molar-refractivity contribution in [1.29, 1.82) is 10.5 Å². The van der Waals surface area contributed by atoms with Gasteiger partial charge in [0.1, 0.15) is 6.29 Å². The summed E-state index contributed by atoms with van der Waals surface area (Å²) in [5.41, 5.74) is -0.403. The number of carbonyl (C=O) groups excluding carboxylic acids is 1. The molecule has 0 aromatic rings. The zero-order valence-corrected chi connectivity index (χ0v) is 8.20. The molecule has 14 heavy (non-hydrogen) atoms. The van der Waals surface area contributed by atoms with Gasteiger partial charge < -0.3 is 4.79 Å². The van der Waals surface area contributed by atoms with Gasteiger partial charge in [0.05, 0.1) is 17.6 Å². The molecule has 0 heterocycles. The summed E-state index contributed by atoms with van der Waals surface area (Å²) >= 11 is 0. The maximum Gasteiger partial charge on any atom is 0.123 e. The lowest BCUT2D eigenvalue weighted by molar-refractivity contribution is -0.112. The van der Waals surface area contributed by atoms with Crippen molar-refractivity contribution in [3.05, 3.63) is 0 Å². The third kappa shape index (κ3) is 2.33. The Bertz CT molecular complexity index is 287. The molecule has 0 bridgehead atoms. The monoisotopic (exact) mass is 190 g/mol. The highest BCUT2D eigenvalue weighted by Gasteiger charge is 2.35. The SMILES string of the molecule is N#CCCC1(C#N)CCCC(C=O)C1. The second kappa shape index (κ2) is 4.77. The molecule has 0 N–H and O–H groups in total. The molecule has 2 atom stereocenters. The van der Waals surface area contributed by atoms with Crippen molar-refractivity contribution < 1.29 is 4.79 Å². The molecule has 74 valence electrons. The van der Waals surface area contributed by atoms with Gasteiger partial charge in [0.25, 0.3) is 0 Å². The first-order valence-corrected chi connectivity index (χ1v) is 5.00. The zero-order chi connectivity index (χ0) is 10.4. The van der Waals surface area contributed by atoms with Crippen LogP contribution in [-0.2, 0) is 4.79 Å². The Morgan fingerprint density at radius 3 is 2.86 bits per heavy atom. The highest BCUT2D eigenvalue weighted by Crippen LogP contribution is 2.41. The van der Waals surface area contributed by atoms with E-state index in [1.165, 1.54) is 0 Å². The summed E-state index contributed by atoms with van der Waals surface area (Å²) in [6.45, 7) is 0. The molecule has 1 saturated carbocycles. The lowest BCUT2D eigenvalue weighted by Crippen LogP contribution is -2.27. The van der Waals surface area contributed by atoms with Gasteiger partial charge in [-0.25, -0.2) is 0 Å². The van der Waals surface area contributed by atoms with Gasteiger partial charge in [-0.05, 0) is 25.7 Å². The van der Waals surface area contributed by atoms with Crippen LogP contribution in [0, 0.1) is 34.0 Å². The van der Waals surface area contributed by atoms with E-state index in [1.807, 2.05) is 0 Å². The molecule has 1 rings (SSSR count). The Morgan fingerprint density at radius 1 is 1.50 bits per heavy atom. The molecule has 0 amide bonds. The second-order valence-corrected chi connectivity index (χ2v) is 4.04. The first-order valence-electron chi connectivity index (χ1n) is 5.00. The van der Waals surface area contributed by atoms with Crippen molar-refractivity contribution in [2.75, 3.05) is 0 Å². The number of carbonyl (C=O) groups is 1. The van der Waals surface area contributed by atoms with Crippen LogP contribution < -0.4 is 0 Å². The standard InChI is InChI=1S/C11H14N2O/c12-6-2-5-11(9-13)4-1-3-10(7-11)8-14/h8,10H,1-5,7H2. The molecule has 0 aromatic carbocycles. The summed E-state index contributed by atoms with van der Waals surface area (Å²) in [6, 6.07) is 4.37. The van der Waals surface area contributed by atoms with E-state index in [2.05, 4.69) is 12.1 Å². The Kier molecular flexibility index (Phi) is 3.65. The number of aldehydes is 1. The molecule has 0 radical (unpaired) electrons. The quantitative estimate of drug-likeness (QED) is 0.641. The van der Waals surface area contributed by atoms with Crippen LogP contribution in [0.4, 0.5) is 0 Å². The van der Waals surface area contributed by atoms with Crippen LogP contribution in [0.25, 0.3) is 0 Å². The van der Waals surface area contributed by atoms with Crippen molar-refractivity contribution in [3.8, 4) is 12.1 Å². The van der Waals surface area contributed by atoms with E-state index in [4.69, 9.17) is 10.5 Å². The highest BCUT2D eigenvalue weighted by molar-refractivity contribution is 5.54. The van der Waals surface area contributed by atoms with E-state index in [9.17, 15) is 4.79 Å². The van der Waals surface area contributed by atoms with Crippen LogP contribution in [0.15, 0.2) is 0 Å². The number of hydrogen-bond donors (Lipinski definition) is 0. The van der Waals surface area contributed by atoms with Crippen molar-refractivity contribution >= 4 is 6.29 Å². The summed E-state index contributed by atoms with van der Waals surface area (Å²) in [7, 11) is 0. The Morgan fingerprint density at radius 2 is 2.29 bits per heavy atom. The second-order valence-electron chi connectivity index (χ2n) is 4.04. The van der Waals surface area contributed by atoms with E-state index in [-0.39, 0.29) is 5.92 Å². The molecule has 1 fully saturated rings. The Labute approximate surface area is 84.3 Å². The van der Waals surface area contributed by atoms with Gasteiger partial charge in [0, 0.05) is 12.3 Å². The third-order valence-electron chi connectivity index (χ3n) is 3.03. The molecular weight excluding hydrogens is 176 g/mol. The minimum atomic E-state index is -0.403. The molecule has 0 aliphatic heterocycles. The zero-order valence-electron chi connectivity index (χ0n) is 8.20. The molecule has 0 aromatic heterocycles. The van der Waals surface area contributed by atoms with Crippen LogP contribution in [0.3, 0.4) is 0 Å². The number of nitrogens with zero attached hydrogens (tertiary/aromatic N) is 2. The highest BCUT2D eigenvalue weighted by atomic mass is 16.1. The van der Waals surface area contributed by atoms with Crippen molar-refractivity contribution in [1.82, 2.24) is 0 Å². The van der Waals surface area contributed by atoms with Crippen LogP contribution in [0.2, 0.25) is 0 Å². The maximum absolute atomic E-state index is 10.7. The van der Waals surface area contributed by atoms with Crippen LogP contribution >= 0.6 is 0 Å². The van der Waals surface area contributed by atoms with E-state index in [1.54, 1.807) is 0 Å². The van der Waals surface area contributed by atoms with Crippen LogP contribution in [0.1, 0.15) is 38.5 Å². The summed E-state index contributed by atoms with van der Waals surface area (Å²) in [4.78, 5) is 10.7. The first-order chi connectivity index (χ1) is 6.76. The normalized spacial score (nSPS) is 31.4. The average molecular weight is 190 g/mol. The fraction of sp³-hybridized carbons (Fsp3) is 0.727. The minimum Gasteiger partial charge on any atom is -0.303 e.